The molecule has 1 aromatic carbocycles. The number of nitrogens with zero attached hydrogens (tertiary/aromatic N) is 4. The lowest BCUT2D eigenvalue weighted by Gasteiger charge is -2.20. The largest absolute Gasteiger partial charge is 0.464 e. The molecular weight excluding hydrogens is 499 g/mol. The molecular formula is C20H23IN6OS. The zero-order chi connectivity index (χ0) is 20.6. The van der Waals surface area contributed by atoms with E-state index in [1.807, 2.05) is 12.1 Å². The van der Waals surface area contributed by atoms with E-state index in [0.29, 0.717) is 11.3 Å². The number of fused-ring (bicyclic) bond motifs is 2. The van der Waals surface area contributed by atoms with Crippen LogP contribution in [0.2, 0.25) is 0 Å². The molecule has 0 amide bonds. The highest BCUT2D eigenvalue weighted by molar-refractivity contribution is 14.1. The van der Waals surface area contributed by atoms with E-state index in [2.05, 4.69) is 69.3 Å². The third-order valence-electron chi connectivity index (χ3n) is 4.45. The summed E-state index contributed by atoms with van der Waals surface area (Å²) in [5.41, 5.74) is 8.48. The molecule has 3 aromatic heterocycles. The molecule has 4 rings (SSSR count). The Kier molecular flexibility index (Phi) is 5.71. The van der Waals surface area contributed by atoms with E-state index in [1.54, 1.807) is 18.0 Å². The number of rotatable bonds is 6. The zero-order valence-corrected chi connectivity index (χ0v) is 19.5. The lowest BCUT2D eigenvalue weighted by Crippen LogP contribution is -2.36. The van der Waals surface area contributed by atoms with E-state index in [0.717, 1.165) is 49.7 Å². The molecule has 0 radical (unpaired) electrons. The first-order valence-corrected chi connectivity index (χ1v) is 11.3. The standard InChI is InChI=1S/C20H23IN6OS/c1-20(2,3)25-6-4-7-27-18-16(17(22)23-11-24-18)26-19(27)29-15-9-12-5-8-28-14(12)10-13(15)21/h5,8-11,25H,4,6-7H2,1-3H3,(H2,22,23,24). The van der Waals surface area contributed by atoms with Gasteiger partial charge in [0.15, 0.2) is 22.1 Å². The minimum Gasteiger partial charge on any atom is -0.464 e. The van der Waals surface area contributed by atoms with Crippen LogP contribution in [0.1, 0.15) is 27.2 Å². The van der Waals surface area contributed by atoms with Crippen LogP contribution in [0, 0.1) is 3.57 Å². The molecule has 7 nitrogen and oxygen atoms in total. The summed E-state index contributed by atoms with van der Waals surface area (Å²) < 4.78 is 8.76. The van der Waals surface area contributed by atoms with Gasteiger partial charge in [-0.1, -0.05) is 11.8 Å². The number of benzene rings is 1. The second kappa shape index (κ2) is 8.11. The average molecular weight is 522 g/mol. The summed E-state index contributed by atoms with van der Waals surface area (Å²) in [6.45, 7) is 8.21. The number of halogens is 1. The van der Waals surface area contributed by atoms with E-state index in [4.69, 9.17) is 15.1 Å². The Morgan fingerprint density at radius 2 is 2.10 bits per heavy atom. The van der Waals surface area contributed by atoms with Crippen molar-refractivity contribution in [1.82, 2.24) is 24.8 Å². The fourth-order valence-corrected chi connectivity index (χ4v) is 4.79. The molecule has 0 spiro atoms. The van der Waals surface area contributed by atoms with Crippen molar-refractivity contribution in [1.29, 1.82) is 0 Å². The molecule has 0 saturated carbocycles. The fraction of sp³-hybridized carbons (Fsp3) is 0.350. The van der Waals surface area contributed by atoms with Crippen LogP contribution >= 0.6 is 34.4 Å². The number of aromatic nitrogens is 4. The van der Waals surface area contributed by atoms with Crippen LogP contribution in [0.3, 0.4) is 0 Å². The van der Waals surface area contributed by atoms with Crippen molar-refractivity contribution in [2.45, 2.75) is 49.3 Å². The summed E-state index contributed by atoms with van der Waals surface area (Å²) in [5.74, 6) is 0.406. The van der Waals surface area contributed by atoms with Gasteiger partial charge in [-0.2, -0.15) is 0 Å². The Morgan fingerprint density at radius 1 is 1.28 bits per heavy atom. The van der Waals surface area contributed by atoms with E-state index < -0.39 is 0 Å². The van der Waals surface area contributed by atoms with Gasteiger partial charge in [0.1, 0.15) is 11.9 Å². The fourth-order valence-electron chi connectivity index (χ4n) is 3.05. The number of nitrogens with one attached hydrogen (secondary N) is 1. The van der Waals surface area contributed by atoms with Crippen LogP contribution in [0.15, 0.2) is 45.3 Å². The SMILES string of the molecule is CC(C)(C)NCCCn1c(Sc2cc3ccoc3cc2I)nc2c(N)ncnc21. The average Bonchev–Trinajstić information content (AvgIpc) is 3.23. The van der Waals surface area contributed by atoms with E-state index in [9.17, 15) is 0 Å². The van der Waals surface area contributed by atoms with Crippen molar-refractivity contribution >= 4 is 62.3 Å². The molecule has 3 heterocycles. The summed E-state index contributed by atoms with van der Waals surface area (Å²) in [6.07, 6.45) is 4.17. The summed E-state index contributed by atoms with van der Waals surface area (Å²) in [4.78, 5) is 14.5. The number of nitrogens with two attached hydrogens (primary N) is 1. The Morgan fingerprint density at radius 3 is 2.90 bits per heavy atom. The van der Waals surface area contributed by atoms with Gasteiger partial charge in [-0.3, -0.25) is 0 Å². The maximum absolute atomic E-state index is 6.07. The first-order chi connectivity index (χ1) is 13.8. The van der Waals surface area contributed by atoms with E-state index >= 15 is 0 Å². The molecule has 0 aliphatic heterocycles. The predicted molar refractivity (Wildman–Crippen MR) is 125 cm³/mol. The van der Waals surface area contributed by atoms with Gasteiger partial charge in [0.05, 0.1) is 6.26 Å². The zero-order valence-electron chi connectivity index (χ0n) is 16.6. The van der Waals surface area contributed by atoms with Crippen LogP contribution in [0.5, 0.6) is 0 Å². The molecule has 0 saturated heterocycles. The van der Waals surface area contributed by atoms with Crippen molar-refractivity contribution in [2.24, 2.45) is 0 Å². The number of nitrogen functional groups attached to an aromatic ring is 1. The molecule has 0 unspecified atom stereocenters. The van der Waals surface area contributed by atoms with Gasteiger partial charge in [0.2, 0.25) is 0 Å². The van der Waals surface area contributed by atoms with Crippen LogP contribution < -0.4 is 11.1 Å². The molecule has 29 heavy (non-hydrogen) atoms. The second-order valence-corrected chi connectivity index (χ2v) is 10.0. The Labute approximate surface area is 187 Å². The number of hydrogen-bond acceptors (Lipinski definition) is 7. The molecule has 152 valence electrons. The summed E-state index contributed by atoms with van der Waals surface area (Å²) in [7, 11) is 0. The van der Waals surface area contributed by atoms with E-state index in [-0.39, 0.29) is 5.54 Å². The third kappa shape index (κ3) is 4.51. The molecule has 3 N–H and O–H groups in total. The molecule has 4 aromatic rings. The van der Waals surface area contributed by atoms with Gasteiger partial charge in [-0.25, -0.2) is 15.0 Å². The Hall–Kier alpha value is -1.85. The molecule has 0 aliphatic rings. The van der Waals surface area contributed by atoms with Crippen LogP contribution in [0.4, 0.5) is 5.82 Å². The van der Waals surface area contributed by atoms with Crippen molar-refractivity contribution < 1.29 is 4.42 Å². The van der Waals surface area contributed by atoms with Gasteiger partial charge < -0.3 is 20.0 Å². The highest BCUT2D eigenvalue weighted by atomic mass is 127. The van der Waals surface area contributed by atoms with Crippen molar-refractivity contribution in [3.05, 3.63) is 34.4 Å². The third-order valence-corrected chi connectivity index (χ3v) is 6.76. The normalized spacial score (nSPS) is 12.3. The van der Waals surface area contributed by atoms with Gasteiger partial charge >= 0.3 is 0 Å². The number of aryl methyl sites for hydroxylation is 1. The molecule has 0 aliphatic carbocycles. The summed E-state index contributed by atoms with van der Waals surface area (Å²) in [6, 6.07) is 6.15. The van der Waals surface area contributed by atoms with Gasteiger partial charge in [0, 0.05) is 25.9 Å². The second-order valence-electron chi connectivity index (χ2n) is 7.85. The first kappa shape index (κ1) is 20.4. The maximum Gasteiger partial charge on any atom is 0.175 e. The van der Waals surface area contributed by atoms with Crippen molar-refractivity contribution in [3.8, 4) is 0 Å². The van der Waals surface area contributed by atoms with Crippen molar-refractivity contribution in [3.63, 3.8) is 0 Å². The molecule has 0 bridgehead atoms. The Bertz CT molecular complexity index is 1160. The van der Waals surface area contributed by atoms with Crippen LogP contribution in [-0.2, 0) is 6.54 Å². The monoisotopic (exact) mass is 522 g/mol. The number of anilines is 1. The van der Waals surface area contributed by atoms with Crippen molar-refractivity contribution in [2.75, 3.05) is 12.3 Å². The van der Waals surface area contributed by atoms with Gasteiger partial charge in [0.25, 0.3) is 0 Å². The van der Waals surface area contributed by atoms with Crippen LogP contribution in [0.25, 0.3) is 22.1 Å². The lowest BCUT2D eigenvalue weighted by molar-refractivity contribution is 0.412. The summed E-state index contributed by atoms with van der Waals surface area (Å²) >= 11 is 3.95. The quantitative estimate of drug-likeness (QED) is 0.280. The topological polar surface area (TPSA) is 94.8 Å². The lowest BCUT2D eigenvalue weighted by atomic mass is 10.1. The minimum absolute atomic E-state index is 0.0945. The van der Waals surface area contributed by atoms with Gasteiger partial charge in [-0.15, -0.1) is 0 Å². The highest BCUT2D eigenvalue weighted by Crippen LogP contribution is 2.36. The van der Waals surface area contributed by atoms with Crippen LogP contribution in [-0.4, -0.2) is 31.6 Å². The number of hydrogen-bond donors (Lipinski definition) is 2. The number of imidazole rings is 1. The smallest absolute Gasteiger partial charge is 0.175 e. The highest BCUT2D eigenvalue weighted by Gasteiger charge is 2.18. The minimum atomic E-state index is 0.0945. The number of furan rings is 1. The van der Waals surface area contributed by atoms with Gasteiger partial charge in [-0.05, 0) is 74.5 Å². The molecule has 0 atom stereocenters. The molecule has 0 fully saturated rings. The predicted octanol–water partition coefficient (Wildman–Crippen LogP) is 4.69. The maximum atomic E-state index is 6.07. The first-order valence-electron chi connectivity index (χ1n) is 9.38. The summed E-state index contributed by atoms with van der Waals surface area (Å²) in [5, 5.41) is 5.47. The molecule has 9 heteroatoms. The van der Waals surface area contributed by atoms with E-state index in [1.165, 1.54) is 6.33 Å². The Balaban J connectivity index is 1.66.